The molecule has 3 unspecified atom stereocenters. The molecule has 2 amide bonds. The van der Waals surface area contributed by atoms with Crippen LogP contribution in [0.4, 0.5) is 4.79 Å². The Morgan fingerprint density at radius 2 is 1.95 bits per heavy atom. The number of β-amino-alcohol motifs (C(OH)–C–C–N with tert-alkyl or cyclic N) is 1. The van der Waals surface area contributed by atoms with Crippen molar-refractivity contribution in [3.05, 3.63) is 0 Å². The Morgan fingerprint density at radius 1 is 1.38 bits per heavy atom. The van der Waals surface area contributed by atoms with Crippen molar-refractivity contribution < 1.29 is 19.8 Å². The number of hydrogen-bond donors (Lipinski definition) is 3. The second kappa shape index (κ2) is 6.62. The molecule has 1 aliphatic rings. The van der Waals surface area contributed by atoms with E-state index in [1.165, 1.54) is 4.90 Å². The van der Waals surface area contributed by atoms with Gasteiger partial charge in [0.2, 0.25) is 0 Å². The molecule has 1 rings (SSSR count). The lowest BCUT2D eigenvalue weighted by Crippen LogP contribution is -2.55. The Morgan fingerprint density at radius 3 is 2.38 bits per heavy atom. The first-order valence-corrected chi connectivity index (χ1v) is 7.15. The van der Waals surface area contributed by atoms with E-state index in [2.05, 4.69) is 5.32 Å². The second-order valence-corrected chi connectivity index (χ2v) is 7.04. The van der Waals surface area contributed by atoms with Gasteiger partial charge in [-0.05, 0) is 25.9 Å². The molecule has 1 aliphatic heterocycles. The number of carboxylic acid groups (broad SMARTS) is 1. The van der Waals surface area contributed by atoms with Crippen molar-refractivity contribution in [1.29, 1.82) is 0 Å². The van der Waals surface area contributed by atoms with Crippen LogP contribution in [0.15, 0.2) is 0 Å². The van der Waals surface area contributed by atoms with E-state index in [4.69, 9.17) is 0 Å². The van der Waals surface area contributed by atoms with Crippen molar-refractivity contribution in [2.24, 2.45) is 5.41 Å². The standard InChI is InChI=1S/C14H27N3O4/c1-14(2,3)11(12(19)20)15-13(21)17-8-10(18)6-9(17)7-16(4)5/h9-11,18H,6-8H2,1-5H3,(H,15,21)(H,19,20). The summed E-state index contributed by atoms with van der Waals surface area (Å²) in [5.74, 6) is -1.06. The zero-order chi connectivity index (χ0) is 16.4. The number of aliphatic hydroxyl groups excluding tert-OH is 1. The molecule has 0 aromatic rings. The molecule has 1 fully saturated rings. The maximum absolute atomic E-state index is 12.4. The number of carbonyl (C=O) groups is 2. The van der Waals surface area contributed by atoms with Crippen LogP contribution in [0.1, 0.15) is 27.2 Å². The van der Waals surface area contributed by atoms with E-state index in [9.17, 15) is 19.8 Å². The third kappa shape index (κ3) is 4.86. The molecule has 0 spiro atoms. The zero-order valence-electron chi connectivity index (χ0n) is 13.5. The van der Waals surface area contributed by atoms with Crippen molar-refractivity contribution in [2.45, 2.75) is 45.4 Å². The highest BCUT2D eigenvalue weighted by atomic mass is 16.4. The topological polar surface area (TPSA) is 93.1 Å². The highest BCUT2D eigenvalue weighted by Crippen LogP contribution is 2.22. The molecular formula is C14H27N3O4. The number of aliphatic hydroxyl groups is 1. The highest BCUT2D eigenvalue weighted by molar-refractivity contribution is 5.83. The number of carbonyl (C=O) groups excluding carboxylic acids is 1. The van der Waals surface area contributed by atoms with Gasteiger partial charge in [0.15, 0.2) is 0 Å². The molecule has 1 saturated heterocycles. The SMILES string of the molecule is CN(C)CC1CC(O)CN1C(=O)NC(C(=O)O)C(C)(C)C. The van der Waals surface area contributed by atoms with Gasteiger partial charge in [0.1, 0.15) is 6.04 Å². The van der Waals surface area contributed by atoms with Crippen molar-refractivity contribution in [2.75, 3.05) is 27.2 Å². The molecule has 0 aromatic heterocycles. The maximum atomic E-state index is 12.4. The van der Waals surface area contributed by atoms with Gasteiger partial charge in [0, 0.05) is 19.1 Å². The fourth-order valence-electron chi connectivity index (χ4n) is 2.59. The van der Waals surface area contributed by atoms with Gasteiger partial charge in [-0.3, -0.25) is 0 Å². The predicted octanol–water partition coefficient (Wildman–Crippen LogP) is 0.192. The van der Waals surface area contributed by atoms with E-state index in [-0.39, 0.29) is 12.6 Å². The summed E-state index contributed by atoms with van der Waals surface area (Å²) in [5.41, 5.74) is -0.586. The van der Waals surface area contributed by atoms with Crippen LogP contribution in [0, 0.1) is 5.41 Å². The van der Waals surface area contributed by atoms with E-state index < -0.39 is 29.6 Å². The number of urea groups is 1. The van der Waals surface area contributed by atoms with Gasteiger partial charge in [-0.25, -0.2) is 9.59 Å². The number of aliphatic carboxylic acids is 1. The Bertz CT molecular complexity index is 392. The zero-order valence-corrected chi connectivity index (χ0v) is 13.5. The van der Waals surface area contributed by atoms with Gasteiger partial charge in [0.05, 0.1) is 6.10 Å². The molecule has 0 aliphatic carbocycles. The van der Waals surface area contributed by atoms with Crippen LogP contribution < -0.4 is 5.32 Å². The maximum Gasteiger partial charge on any atom is 0.326 e. The largest absolute Gasteiger partial charge is 0.480 e. The molecule has 3 N–H and O–H groups in total. The molecule has 122 valence electrons. The first-order valence-electron chi connectivity index (χ1n) is 7.15. The lowest BCUT2D eigenvalue weighted by Gasteiger charge is -2.32. The number of rotatable bonds is 4. The molecule has 7 nitrogen and oxygen atoms in total. The number of amides is 2. The van der Waals surface area contributed by atoms with Crippen LogP contribution >= 0.6 is 0 Å². The Kier molecular flexibility index (Phi) is 5.58. The predicted molar refractivity (Wildman–Crippen MR) is 79.1 cm³/mol. The molecule has 1 heterocycles. The van der Waals surface area contributed by atoms with Crippen molar-refractivity contribution in [1.82, 2.24) is 15.1 Å². The second-order valence-electron chi connectivity index (χ2n) is 7.04. The van der Waals surface area contributed by atoms with E-state index in [0.717, 1.165) is 0 Å². The number of nitrogens with one attached hydrogen (secondary N) is 1. The Labute approximate surface area is 125 Å². The third-order valence-electron chi connectivity index (χ3n) is 3.61. The summed E-state index contributed by atoms with van der Waals surface area (Å²) in [6.45, 7) is 6.17. The summed E-state index contributed by atoms with van der Waals surface area (Å²) in [5, 5.41) is 21.6. The van der Waals surface area contributed by atoms with Crippen LogP contribution in [-0.2, 0) is 4.79 Å². The minimum atomic E-state index is -1.06. The van der Waals surface area contributed by atoms with E-state index in [1.807, 2.05) is 19.0 Å². The summed E-state index contributed by atoms with van der Waals surface area (Å²) in [4.78, 5) is 27.2. The molecule has 0 saturated carbocycles. The van der Waals surface area contributed by atoms with Gasteiger partial charge in [0.25, 0.3) is 0 Å². The smallest absolute Gasteiger partial charge is 0.326 e. The van der Waals surface area contributed by atoms with Crippen LogP contribution in [-0.4, -0.2) is 77.4 Å². The molecule has 21 heavy (non-hydrogen) atoms. The minimum absolute atomic E-state index is 0.107. The summed E-state index contributed by atoms with van der Waals surface area (Å²) < 4.78 is 0. The minimum Gasteiger partial charge on any atom is -0.480 e. The van der Waals surface area contributed by atoms with E-state index in [1.54, 1.807) is 20.8 Å². The first-order chi connectivity index (χ1) is 9.52. The van der Waals surface area contributed by atoms with Gasteiger partial charge < -0.3 is 25.3 Å². The number of nitrogens with zero attached hydrogens (tertiary/aromatic N) is 2. The van der Waals surface area contributed by atoms with E-state index in [0.29, 0.717) is 13.0 Å². The molecule has 3 atom stereocenters. The average molecular weight is 301 g/mol. The Hall–Kier alpha value is -1.34. The van der Waals surface area contributed by atoms with Crippen molar-refractivity contribution in [3.8, 4) is 0 Å². The molecule has 0 radical (unpaired) electrons. The number of likely N-dealkylation sites (N-methyl/N-ethyl adjacent to an activating group) is 1. The molecular weight excluding hydrogens is 274 g/mol. The summed E-state index contributed by atoms with van der Waals surface area (Å²) in [6.07, 6.45) is -0.0441. The van der Waals surface area contributed by atoms with Crippen molar-refractivity contribution in [3.63, 3.8) is 0 Å². The summed E-state index contributed by atoms with van der Waals surface area (Å²) >= 11 is 0. The van der Waals surface area contributed by atoms with Gasteiger partial charge >= 0.3 is 12.0 Å². The average Bonchev–Trinajstić information content (AvgIpc) is 2.63. The quantitative estimate of drug-likeness (QED) is 0.689. The summed E-state index contributed by atoms with van der Waals surface area (Å²) in [6, 6.07) is -1.51. The van der Waals surface area contributed by atoms with Crippen LogP contribution in [0.25, 0.3) is 0 Å². The molecule has 7 heteroatoms. The Balaban J connectivity index is 2.78. The number of hydrogen-bond acceptors (Lipinski definition) is 4. The molecule has 0 aromatic carbocycles. The van der Waals surface area contributed by atoms with Crippen LogP contribution in [0.2, 0.25) is 0 Å². The lowest BCUT2D eigenvalue weighted by atomic mass is 9.87. The van der Waals surface area contributed by atoms with Crippen LogP contribution in [0.5, 0.6) is 0 Å². The first kappa shape index (κ1) is 17.7. The fourth-order valence-corrected chi connectivity index (χ4v) is 2.59. The number of carboxylic acids is 1. The van der Waals surface area contributed by atoms with Gasteiger partial charge in [-0.2, -0.15) is 0 Å². The van der Waals surface area contributed by atoms with Crippen molar-refractivity contribution >= 4 is 12.0 Å². The third-order valence-corrected chi connectivity index (χ3v) is 3.61. The van der Waals surface area contributed by atoms with Gasteiger partial charge in [-0.15, -0.1) is 0 Å². The monoisotopic (exact) mass is 301 g/mol. The molecule has 0 bridgehead atoms. The van der Waals surface area contributed by atoms with E-state index >= 15 is 0 Å². The van der Waals surface area contributed by atoms with Gasteiger partial charge in [-0.1, -0.05) is 20.8 Å². The van der Waals surface area contributed by atoms with Crippen LogP contribution in [0.3, 0.4) is 0 Å². The summed E-state index contributed by atoms with van der Waals surface area (Å²) in [7, 11) is 3.80. The lowest BCUT2D eigenvalue weighted by molar-refractivity contribution is -0.142. The fraction of sp³-hybridized carbons (Fsp3) is 0.857. The normalized spacial score (nSPS) is 24.2. The number of likely N-dealkylation sites (tertiary alicyclic amines) is 1. The highest BCUT2D eigenvalue weighted by Gasteiger charge is 2.38.